The normalized spacial score (nSPS) is 17.4. The highest BCUT2D eigenvalue weighted by Crippen LogP contribution is 2.18. The van der Waals surface area contributed by atoms with Crippen molar-refractivity contribution in [1.82, 2.24) is 0 Å². The van der Waals surface area contributed by atoms with Crippen LogP contribution >= 0.6 is 0 Å². The number of methoxy groups -OCH3 is 1. The summed E-state index contributed by atoms with van der Waals surface area (Å²) in [4.78, 5) is 10.9. The highest BCUT2D eigenvalue weighted by atomic mass is 16.8. The standard InChI is InChI=1S/C13H14O5/c1-15-11(14)8-16-13-9-17-12(18-13)7-10-5-3-2-4-6-10/h2-6,9,12H,7-8H2,1H3. The first kappa shape index (κ1) is 12.3. The third-order valence-corrected chi connectivity index (χ3v) is 2.37. The van der Waals surface area contributed by atoms with E-state index in [0.717, 1.165) is 5.56 Å². The van der Waals surface area contributed by atoms with E-state index in [9.17, 15) is 4.79 Å². The van der Waals surface area contributed by atoms with Crippen LogP contribution in [0.15, 0.2) is 42.5 Å². The predicted octanol–water partition coefficient (Wildman–Crippen LogP) is 1.59. The van der Waals surface area contributed by atoms with E-state index in [1.807, 2.05) is 30.3 Å². The van der Waals surface area contributed by atoms with E-state index in [1.54, 1.807) is 0 Å². The lowest BCUT2D eigenvalue weighted by atomic mass is 10.1. The van der Waals surface area contributed by atoms with Gasteiger partial charge in [-0.05, 0) is 5.56 Å². The van der Waals surface area contributed by atoms with Crippen molar-refractivity contribution in [2.75, 3.05) is 13.7 Å². The molecule has 96 valence electrons. The smallest absolute Gasteiger partial charge is 0.344 e. The van der Waals surface area contributed by atoms with Crippen LogP contribution < -0.4 is 0 Å². The average Bonchev–Trinajstić information content (AvgIpc) is 2.85. The Kier molecular flexibility index (Phi) is 4.06. The molecule has 0 amide bonds. The van der Waals surface area contributed by atoms with Gasteiger partial charge in [0.1, 0.15) is 0 Å². The number of esters is 1. The molecule has 18 heavy (non-hydrogen) atoms. The van der Waals surface area contributed by atoms with Crippen LogP contribution in [0.25, 0.3) is 0 Å². The minimum Gasteiger partial charge on any atom is -0.466 e. The van der Waals surface area contributed by atoms with Gasteiger partial charge in [0.05, 0.1) is 7.11 Å². The second-order valence-corrected chi connectivity index (χ2v) is 3.67. The number of rotatable bonds is 5. The number of benzene rings is 1. The van der Waals surface area contributed by atoms with Crippen molar-refractivity contribution in [3.63, 3.8) is 0 Å². The molecule has 0 fully saturated rings. The molecule has 1 aliphatic heterocycles. The third kappa shape index (κ3) is 3.41. The average molecular weight is 250 g/mol. The summed E-state index contributed by atoms with van der Waals surface area (Å²) in [5, 5.41) is 0. The van der Waals surface area contributed by atoms with E-state index in [1.165, 1.54) is 13.4 Å². The summed E-state index contributed by atoms with van der Waals surface area (Å²) in [5.41, 5.74) is 1.10. The van der Waals surface area contributed by atoms with Gasteiger partial charge < -0.3 is 18.9 Å². The van der Waals surface area contributed by atoms with Crippen LogP contribution in [0.1, 0.15) is 5.56 Å². The summed E-state index contributed by atoms with van der Waals surface area (Å²) < 4.78 is 20.2. The van der Waals surface area contributed by atoms with E-state index in [-0.39, 0.29) is 12.6 Å². The second kappa shape index (κ2) is 5.95. The molecule has 0 aromatic heterocycles. The van der Waals surface area contributed by atoms with E-state index < -0.39 is 12.3 Å². The summed E-state index contributed by atoms with van der Waals surface area (Å²) in [5.74, 6) is -0.271. The molecule has 2 rings (SSSR count). The number of ether oxygens (including phenoxy) is 4. The molecule has 0 radical (unpaired) electrons. The molecule has 1 aliphatic rings. The number of hydrogen-bond donors (Lipinski definition) is 0. The summed E-state index contributed by atoms with van der Waals surface area (Å²) >= 11 is 0. The third-order valence-electron chi connectivity index (χ3n) is 2.37. The molecule has 0 N–H and O–H groups in total. The molecule has 0 saturated heterocycles. The fraction of sp³-hybridized carbons (Fsp3) is 0.308. The lowest BCUT2D eigenvalue weighted by Crippen LogP contribution is -2.14. The van der Waals surface area contributed by atoms with Crippen molar-refractivity contribution in [3.05, 3.63) is 48.1 Å². The van der Waals surface area contributed by atoms with Crippen LogP contribution in [0.3, 0.4) is 0 Å². The Morgan fingerprint density at radius 2 is 2.11 bits per heavy atom. The SMILES string of the molecule is COC(=O)COC1=COC(Cc2ccccc2)O1. The Bertz CT molecular complexity index is 426. The van der Waals surface area contributed by atoms with Crippen molar-refractivity contribution in [2.45, 2.75) is 12.7 Å². The van der Waals surface area contributed by atoms with Crippen molar-refractivity contribution in [3.8, 4) is 0 Å². The van der Waals surface area contributed by atoms with Crippen LogP contribution in [-0.2, 0) is 30.2 Å². The topological polar surface area (TPSA) is 54.0 Å². The van der Waals surface area contributed by atoms with Gasteiger partial charge in [-0.1, -0.05) is 30.3 Å². The van der Waals surface area contributed by atoms with E-state index in [2.05, 4.69) is 4.74 Å². The lowest BCUT2D eigenvalue weighted by molar-refractivity contribution is -0.147. The van der Waals surface area contributed by atoms with Crippen LogP contribution in [0.4, 0.5) is 0 Å². The number of hydrogen-bond acceptors (Lipinski definition) is 5. The predicted molar refractivity (Wildman–Crippen MR) is 62.2 cm³/mol. The molecule has 0 aliphatic carbocycles. The van der Waals surface area contributed by atoms with E-state index >= 15 is 0 Å². The van der Waals surface area contributed by atoms with Gasteiger partial charge in [-0.3, -0.25) is 0 Å². The molecule has 1 unspecified atom stereocenters. The van der Waals surface area contributed by atoms with Gasteiger partial charge in [0.25, 0.3) is 0 Å². The zero-order valence-electron chi connectivity index (χ0n) is 10.00. The highest BCUT2D eigenvalue weighted by molar-refractivity contribution is 5.70. The maximum absolute atomic E-state index is 10.9. The number of carbonyl (C=O) groups is 1. The van der Waals surface area contributed by atoms with Gasteiger partial charge in [0.15, 0.2) is 12.9 Å². The van der Waals surface area contributed by atoms with Gasteiger partial charge in [0.2, 0.25) is 6.29 Å². The highest BCUT2D eigenvalue weighted by Gasteiger charge is 2.21. The number of carbonyl (C=O) groups excluding carboxylic acids is 1. The fourth-order valence-corrected chi connectivity index (χ4v) is 1.47. The fourth-order valence-electron chi connectivity index (χ4n) is 1.47. The van der Waals surface area contributed by atoms with Gasteiger partial charge in [-0.15, -0.1) is 0 Å². The summed E-state index contributed by atoms with van der Waals surface area (Å²) in [6, 6.07) is 9.82. The monoisotopic (exact) mass is 250 g/mol. The van der Waals surface area contributed by atoms with Crippen LogP contribution in [0.5, 0.6) is 0 Å². The van der Waals surface area contributed by atoms with Gasteiger partial charge in [-0.25, -0.2) is 4.79 Å². The molecular weight excluding hydrogens is 236 g/mol. The molecule has 0 saturated carbocycles. The quantitative estimate of drug-likeness (QED) is 0.743. The van der Waals surface area contributed by atoms with Crippen molar-refractivity contribution < 1.29 is 23.7 Å². The first-order valence-corrected chi connectivity index (χ1v) is 5.54. The lowest BCUT2D eigenvalue weighted by Gasteiger charge is -2.11. The largest absolute Gasteiger partial charge is 0.466 e. The summed E-state index contributed by atoms with van der Waals surface area (Å²) in [6.07, 6.45) is 1.55. The zero-order chi connectivity index (χ0) is 12.8. The zero-order valence-corrected chi connectivity index (χ0v) is 10.00. The van der Waals surface area contributed by atoms with Crippen molar-refractivity contribution >= 4 is 5.97 Å². The molecule has 1 aromatic rings. The molecule has 1 atom stereocenters. The molecule has 0 spiro atoms. The van der Waals surface area contributed by atoms with Crippen molar-refractivity contribution in [1.29, 1.82) is 0 Å². The van der Waals surface area contributed by atoms with Crippen LogP contribution in [0.2, 0.25) is 0 Å². The molecule has 1 aromatic carbocycles. The van der Waals surface area contributed by atoms with E-state index in [0.29, 0.717) is 6.42 Å². The van der Waals surface area contributed by atoms with Crippen LogP contribution in [-0.4, -0.2) is 26.0 Å². The van der Waals surface area contributed by atoms with Crippen LogP contribution in [0, 0.1) is 0 Å². The Balaban J connectivity index is 1.75. The summed E-state index contributed by atoms with van der Waals surface area (Å²) in [6.45, 7) is -0.191. The molecule has 0 bridgehead atoms. The molecule has 5 nitrogen and oxygen atoms in total. The Hall–Kier alpha value is -2.17. The van der Waals surface area contributed by atoms with Gasteiger partial charge in [0, 0.05) is 6.42 Å². The Morgan fingerprint density at radius 3 is 2.83 bits per heavy atom. The first-order chi connectivity index (χ1) is 8.78. The van der Waals surface area contributed by atoms with Gasteiger partial charge in [-0.2, -0.15) is 0 Å². The Morgan fingerprint density at radius 1 is 1.33 bits per heavy atom. The molecular formula is C13H14O5. The second-order valence-electron chi connectivity index (χ2n) is 3.67. The van der Waals surface area contributed by atoms with E-state index in [4.69, 9.17) is 14.2 Å². The van der Waals surface area contributed by atoms with Gasteiger partial charge >= 0.3 is 11.9 Å². The minimum absolute atomic E-state index is 0.191. The maximum atomic E-state index is 10.9. The summed E-state index contributed by atoms with van der Waals surface area (Å²) in [7, 11) is 1.30. The Labute approximate surface area is 105 Å². The molecule has 5 heteroatoms. The maximum Gasteiger partial charge on any atom is 0.344 e. The first-order valence-electron chi connectivity index (χ1n) is 5.54. The minimum atomic E-state index is -0.467. The molecule has 1 heterocycles. The van der Waals surface area contributed by atoms with Crippen molar-refractivity contribution in [2.24, 2.45) is 0 Å².